The van der Waals surface area contributed by atoms with Gasteiger partial charge in [0.1, 0.15) is 0 Å². The summed E-state index contributed by atoms with van der Waals surface area (Å²) < 4.78 is 0. The normalized spacial score (nSPS) is 10.6. The Kier molecular flexibility index (Phi) is 10.9. The van der Waals surface area contributed by atoms with E-state index in [1.54, 1.807) is 0 Å². The molecule has 160 valence electrons. The molecule has 0 heterocycles. The molecule has 4 aromatic rings. The molecular formula is C26H32Cl2GeHf-2. The summed E-state index contributed by atoms with van der Waals surface area (Å²) in [5.74, 6) is 5.75. The number of fused-ring (bicyclic) bond motifs is 2. The molecule has 0 spiro atoms. The Morgan fingerprint density at radius 3 is 1.30 bits per heavy atom. The summed E-state index contributed by atoms with van der Waals surface area (Å²) in [6.45, 7) is 8.92. The van der Waals surface area contributed by atoms with Crippen molar-refractivity contribution in [3.8, 4) is 0 Å². The van der Waals surface area contributed by atoms with Crippen LogP contribution in [0.1, 0.15) is 50.7 Å². The Hall–Kier alpha value is -0.347. The monoisotopic (exact) mass is 668 g/mol. The summed E-state index contributed by atoms with van der Waals surface area (Å²) in [6.07, 6.45) is 0. The summed E-state index contributed by atoms with van der Waals surface area (Å²) >= 11 is -1.72. The van der Waals surface area contributed by atoms with Gasteiger partial charge in [-0.3, -0.25) is 0 Å². The molecule has 0 nitrogen and oxygen atoms in total. The van der Waals surface area contributed by atoms with Crippen molar-refractivity contribution >= 4 is 48.8 Å². The Balaban J connectivity index is 0.000000171. The maximum atomic E-state index is 5.67. The van der Waals surface area contributed by atoms with Gasteiger partial charge in [0.2, 0.25) is 0 Å². The molecule has 0 bridgehead atoms. The van der Waals surface area contributed by atoms with Crippen molar-refractivity contribution in [1.82, 2.24) is 0 Å². The van der Waals surface area contributed by atoms with E-state index >= 15 is 0 Å². The standard InChI is InChI=1S/2C12H13.C2H6Ge.2ClH.Hf/c2*1-9(2)12-7-10-5-3-4-6-11(10)8-12;1-3-2;;;/h2*3-9H,1-2H3;1-2H3;2*1H;/q2*-1;;;;+2/p-2. The van der Waals surface area contributed by atoms with Crippen LogP contribution in [0.15, 0.2) is 72.8 Å². The van der Waals surface area contributed by atoms with E-state index in [0.29, 0.717) is 11.8 Å². The first-order valence-corrected chi connectivity index (χ1v) is 34.0. The average molecular weight is 667 g/mol. The van der Waals surface area contributed by atoms with E-state index in [-0.39, 0.29) is 0 Å². The Morgan fingerprint density at radius 1 is 0.700 bits per heavy atom. The quantitative estimate of drug-likeness (QED) is 0.148. The molecule has 0 amide bonds. The van der Waals surface area contributed by atoms with Crippen LogP contribution in [0.2, 0.25) is 11.5 Å². The number of hydrogen-bond donors (Lipinski definition) is 0. The van der Waals surface area contributed by atoms with Gasteiger partial charge in [-0.1, -0.05) is 39.8 Å². The van der Waals surface area contributed by atoms with E-state index in [0.717, 1.165) is 0 Å². The van der Waals surface area contributed by atoms with Crippen LogP contribution in [0.25, 0.3) is 21.5 Å². The Bertz CT molecular complexity index is 940. The minimum absolute atomic E-state index is 0.636. The first kappa shape index (κ1) is 25.9. The van der Waals surface area contributed by atoms with Crippen molar-refractivity contribution in [2.24, 2.45) is 0 Å². The molecular weight excluding hydrogens is 634 g/mol. The Morgan fingerprint density at radius 2 is 1.03 bits per heavy atom. The zero-order valence-corrected chi connectivity index (χ0v) is 26.0. The van der Waals surface area contributed by atoms with Gasteiger partial charge in [-0.15, -0.1) is 81.2 Å². The zero-order valence-electron chi connectivity index (χ0n) is 18.8. The van der Waals surface area contributed by atoms with Gasteiger partial charge >= 0.3 is 54.7 Å². The molecule has 0 aromatic heterocycles. The fraction of sp³-hybridized carbons (Fsp3) is 0.308. The van der Waals surface area contributed by atoms with Gasteiger partial charge in [0, 0.05) is 0 Å². The fourth-order valence-corrected chi connectivity index (χ4v) is 3.02. The van der Waals surface area contributed by atoms with E-state index in [2.05, 4.69) is 112 Å². The van der Waals surface area contributed by atoms with Crippen molar-refractivity contribution in [3.05, 3.63) is 83.9 Å². The van der Waals surface area contributed by atoms with Gasteiger partial charge in [0.25, 0.3) is 0 Å². The van der Waals surface area contributed by atoms with Gasteiger partial charge in [-0.25, -0.2) is 0 Å². The molecule has 0 saturated carbocycles. The van der Waals surface area contributed by atoms with Crippen LogP contribution in [0.4, 0.5) is 0 Å². The molecule has 0 atom stereocenters. The van der Waals surface area contributed by atoms with Crippen molar-refractivity contribution in [2.45, 2.75) is 51.0 Å². The van der Waals surface area contributed by atoms with Crippen molar-refractivity contribution in [2.75, 3.05) is 0 Å². The second kappa shape index (κ2) is 12.6. The number of halogens is 2. The molecule has 4 rings (SSSR count). The average Bonchev–Trinajstić information content (AvgIpc) is 3.33. The fourth-order valence-electron chi connectivity index (χ4n) is 3.02. The minimum atomic E-state index is -1.72. The van der Waals surface area contributed by atoms with E-state index in [1.165, 1.54) is 32.7 Å². The second-order valence-electron chi connectivity index (χ2n) is 8.40. The molecule has 0 aliphatic rings. The first-order valence-electron chi connectivity index (χ1n) is 10.5. The molecule has 0 fully saturated rings. The van der Waals surface area contributed by atoms with Crippen LogP contribution in [0.5, 0.6) is 0 Å². The SMILES string of the molecule is CC(C)c1cc2ccccc2[cH-]1.CC(C)c1cc2ccccc2[cH-]1.[CH3][Ge]([CH3])=[Hf]([Cl])[Cl]. The van der Waals surface area contributed by atoms with Gasteiger partial charge in [0.05, 0.1) is 0 Å². The van der Waals surface area contributed by atoms with Gasteiger partial charge < -0.3 is 0 Å². The van der Waals surface area contributed by atoms with E-state index in [4.69, 9.17) is 17.2 Å². The first-order chi connectivity index (χ1) is 14.2. The van der Waals surface area contributed by atoms with Crippen LogP contribution >= 0.6 is 17.2 Å². The van der Waals surface area contributed by atoms with Crippen molar-refractivity contribution in [1.29, 1.82) is 0 Å². The van der Waals surface area contributed by atoms with Crippen LogP contribution in [0.3, 0.4) is 0 Å². The van der Waals surface area contributed by atoms with Gasteiger partial charge in [0.15, 0.2) is 0 Å². The molecule has 0 aliphatic carbocycles. The van der Waals surface area contributed by atoms with Crippen LogP contribution in [0, 0.1) is 0 Å². The molecule has 4 heteroatoms. The molecule has 0 unspecified atom stereocenters. The van der Waals surface area contributed by atoms with Gasteiger partial charge in [-0.2, -0.15) is 12.1 Å². The molecule has 0 N–H and O–H groups in total. The summed E-state index contributed by atoms with van der Waals surface area (Å²) in [5.41, 5.74) is 2.88. The number of benzene rings is 2. The molecule has 30 heavy (non-hydrogen) atoms. The van der Waals surface area contributed by atoms with Crippen molar-refractivity contribution < 1.29 is 16.0 Å². The predicted molar refractivity (Wildman–Crippen MR) is 136 cm³/mol. The topological polar surface area (TPSA) is 0 Å². The van der Waals surface area contributed by atoms with Crippen LogP contribution in [-0.4, -0.2) is 10.1 Å². The number of hydrogen-bond acceptors (Lipinski definition) is 0. The summed E-state index contributed by atoms with van der Waals surface area (Å²) in [4.78, 5) is 0. The molecule has 4 aromatic carbocycles. The number of rotatable bonds is 2. The Labute approximate surface area is 198 Å². The van der Waals surface area contributed by atoms with Gasteiger partial charge in [-0.05, 0) is 11.8 Å². The van der Waals surface area contributed by atoms with Crippen LogP contribution < -0.4 is 0 Å². The molecule has 0 radical (unpaired) electrons. The molecule has 0 aliphatic heterocycles. The van der Waals surface area contributed by atoms with Crippen molar-refractivity contribution in [3.63, 3.8) is 0 Å². The maximum absolute atomic E-state index is 5.67. The van der Waals surface area contributed by atoms with E-state index in [9.17, 15) is 0 Å². The third kappa shape index (κ3) is 7.97. The summed E-state index contributed by atoms with van der Waals surface area (Å²) in [5, 5.41) is 5.45. The zero-order chi connectivity index (χ0) is 22.3. The molecule has 0 saturated heterocycles. The predicted octanol–water partition coefficient (Wildman–Crippen LogP) is 9.53. The summed E-state index contributed by atoms with van der Waals surface area (Å²) in [6, 6.07) is 26.1. The van der Waals surface area contributed by atoms with E-state index < -0.39 is 26.0 Å². The summed E-state index contributed by atoms with van der Waals surface area (Å²) in [7, 11) is 10.6. The third-order valence-corrected chi connectivity index (χ3v) is 52.8. The van der Waals surface area contributed by atoms with Crippen LogP contribution in [-0.2, 0) is 16.0 Å². The van der Waals surface area contributed by atoms with E-state index in [1.807, 2.05) is 0 Å². The third-order valence-electron chi connectivity index (χ3n) is 4.99. The second-order valence-corrected chi connectivity index (χ2v) is 60.4.